The summed E-state index contributed by atoms with van der Waals surface area (Å²) >= 11 is 3.06. The molecule has 13 heavy (non-hydrogen) atoms. The molecule has 0 aliphatic carbocycles. The largest absolute Gasteiger partial charge is 0.321 e. The number of benzene rings is 1. The van der Waals surface area contributed by atoms with Gasteiger partial charge in [0.05, 0.1) is 4.47 Å². The first kappa shape index (κ1) is 12.6. The summed E-state index contributed by atoms with van der Waals surface area (Å²) < 4.78 is 13.4. The van der Waals surface area contributed by atoms with E-state index in [1.54, 1.807) is 18.2 Å². The van der Waals surface area contributed by atoms with Crippen molar-refractivity contribution in [3.8, 4) is 0 Å². The molecule has 0 aliphatic heterocycles. The molecular weight excluding hydrogens is 256 g/mol. The zero-order valence-corrected chi connectivity index (χ0v) is 9.24. The third kappa shape index (κ3) is 3.10. The van der Waals surface area contributed by atoms with Gasteiger partial charge in [-0.15, -0.1) is 19.0 Å². The normalized spacial score (nSPS) is 11.6. The minimum absolute atomic E-state index is 0. The molecular formula is C9H10BrClFN. The monoisotopic (exact) mass is 265 g/mol. The molecule has 0 bridgehead atoms. The Labute approximate surface area is 91.4 Å². The van der Waals surface area contributed by atoms with Gasteiger partial charge < -0.3 is 5.73 Å². The Bertz CT molecular complexity index is 304. The molecule has 1 nitrogen and oxygen atoms in total. The second-order valence-electron chi connectivity index (χ2n) is 2.44. The molecule has 1 aromatic rings. The Kier molecular flexibility index (Phi) is 5.21. The minimum Gasteiger partial charge on any atom is -0.321 e. The molecule has 0 saturated heterocycles. The van der Waals surface area contributed by atoms with Crippen molar-refractivity contribution in [1.29, 1.82) is 0 Å². The van der Waals surface area contributed by atoms with Crippen molar-refractivity contribution in [1.82, 2.24) is 0 Å². The highest BCUT2D eigenvalue weighted by atomic mass is 79.9. The summed E-state index contributed by atoms with van der Waals surface area (Å²) in [5.41, 5.74) is 6.34. The first-order valence-corrected chi connectivity index (χ1v) is 4.27. The van der Waals surface area contributed by atoms with E-state index < -0.39 is 0 Å². The summed E-state index contributed by atoms with van der Waals surface area (Å²) in [6, 6.07) is 4.50. The van der Waals surface area contributed by atoms with E-state index in [1.807, 2.05) is 0 Å². The maximum atomic E-state index is 12.9. The van der Waals surface area contributed by atoms with E-state index in [-0.39, 0.29) is 24.3 Å². The average molecular weight is 267 g/mol. The van der Waals surface area contributed by atoms with Gasteiger partial charge in [0.1, 0.15) is 5.82 Å². The number of hydrogen-bond acceptors (Lipinski definition) is 1. The predicted octanol–water partition coefficient (Wildman–Crippen LogP) is 3.20. The lowest BCUT2D eigenvalue weighted by atomic mass is 10.1. The van der Waals surface area contributed by atoms with Crippen molar-refractivity contribution >= 4 is 28.3 Å². The SMILES string of the molecule is C=C[C@H](N)c1ccc(Br)c(F)c1.Cl. The van der Waals surface area contributed by atoms with Gasteiger partial charge in [-0.1, -0.05) is 12.1 Å². The van der Waals surface area contributed by atoms with Gasteiger partial charge in [-0.05, 0) is 33.6 Å². The van der Waals surface area contributed by atoms with Gasteiger partial charge in [0.25, 0.3) is 0 Å². The molecule has 1 rings (SSSR count). The van der Waals surface area contributed by atoms with Crippen molar-refractivity contribution in [3.05, 3.63) is 46.7 Å². The van der Waals surface area contributed by atoms with Crippen LogP contribution in [0.5, 0.6) is 0 Å². The maximum Gasteiger partial charge on any atom is 0.137 e. The molecule has 0 aliphatic rings. The van der Waals surface area contributed by atoms with Gasteiger partial charge in [-0.25, -0.2) is 4.39 Å². The second-order valence-corrected chi connectivity index (χ2v) is 3.29. The number of nitrogens with two attached hydrogens (primary N) is 1. The first-order valence-electron chi connectivity index (χ1n) is 3.48. The van der Waals surface area contributed by atoms with Crippen LogP contribution in [-0.4, -0.2) is 0 Å². The molecule has 1 atom stereocenters. The van der Waals surface area contributed by atoms with Crippen LogP contribution in [0.1, 0.15) is 11.6 Å². The van der Waals surface area contributed by atoms with Crippen molar-refractivity contribution in [2.75, 3.05) is 0 Å². The molecule has 4 heteroatoms. The highest BCUT2D eigenvalue weighted by Crippen LogP contribution is 2.19. The summed E-state index contributed by atoms with van der Waals surface area (Å²) in [5.74, 6) is -0.301. The molecule has 0 heterocycles. The molecule has 0 amide bonds. The van der Waals surface area contributed by atoms with E-state index in [4.69, 9.17) is 5.73 Å². The van der Waals surface area contributed by atoms with Crippen molar-refractivity contribution < 1.29 is 4.39 Å². The van der Waals surface area contributed by atoms with E-state index in [2.05, 4.69) is 22.5 Å². The van der Waals surface area contributed by atoms with Gasteiger partial charge in [0, 0.05) is 6.04 Å². The molecule has 0 unspecified atom stereocenters. The summed E-state index contributed by atoms with van der Waals surface area (Å²) in [4.78, 5) is 0. The summed E-state index contributed by atoms with van der Waals surface area (Å²) in [5, 5.41) is 0. The molecule has 0 aromatic heterocycles. The van der Waals surface area contributed by atoms with Crippen LogP contribution in [-0.2, 0) is 0 Å². The van der Waals surface area contributed by atoms with E-state index in [9.17, 15) is 4.39 Å². The topological polar surface area (TPSA) is 26.0 Å². The van der Waals surface area contributed by atoms with Crippen LogP contribution in [0.2, 0.25) is 0 Å². The molecule has 72 valence electrons. The lowest BCUT2D eigenvalue weighted by Crippen LogP contribution is -2.06. The average Bonchev–Trinajstić information content (AvgIpc) is 2.08. The smallest absolute Gasteiger partial charge is 0.137 e. The Balaban J connectivity index is 0.00000144. The van der Waals surface area contributed by atoms with Crippen LogP contribution >= 0.6 is 28.3 Å². The Morgan fingerprint density at radius 3 is 2.62 bits per heavy atom. The minimum atomic E-state index is -0.301. The van der Waals surface area contributed by atoms with Gasteiger partial charge >= 0.3 is 0 Å². The standard InChI is InChI=1S/C9H9BrFN.ClH/c1-2-9(12)6-3-4-7(10)8(11)5-6;/h2-5,9H,1,12H2;1H/t9-;/m0./s1. The second kappa shape index (κ2) is 5.37. The van der Waals surface area contributed by atoms with Crippen LogP contribution in [0, 0.1) is 5.82 Å². The molecule has 0 spiro atoms. The fraction of sp³-hybridized carbons (Fsp3) is 0.111. The summed E-state index contributed by atoms with van der Waals surface area (Å²) in [6.45, 7) is 3.53. The van der Waals surface area contributed by atoms with Crippen LogP contribution in [0.15, 0.2) is 35.3 Å². The van der Waals surface area contributed by atoms with Crippen molar-refractivity contribution in [3.63, 3.8) is 0 Å². The predicted molar refractivity (Wildman–Crippen MR) is 58.5 cm³/mol. The fourth-order valence-corrected chi connectivity index (χ4v) is 1.10. The van der Waals surface area contributed by atoms with E-state index in [0.29, 0.717) is 4.47 Å². The summed E-state index contributed by atoms with van der Waals surface area (Å²) in [6.07, 6.45) is 1.57. The Morgan fingerprint density at radius 1 is 1.54 bits per heavy atom. The third-order valence-corrected chi connectivity index (χ3v) is 2.23. The highest BCUT2D eigenvalue weighted by molar-refractivity contribution is 9.10. The quantitative estimate of drug-likeness (QED) is 0.818. The molecule has 1 aromatic carbocycles. The molecule has 0 radical (unpaired) electrons. The number of halogens is 3. The highest BCUT2D eigenvalue weighted by Gasteiger charge is 2.04. The fourth-order valence-electron chi connectivity index (χ4n) is 0.856. The zero-order chi connectivity index (χ0) is 9.14. The van der Waals surface area contributed by atoms with Gasteiger partial charge in [0.15, 0.2) is 0 Å². The summed E-state index contributed by atoms with van der Waals surface area (Å²) in [7, 11) is 0. The van der Waals surface area contributed by atoms with Crippen molar-refractivity contribution in [2.24, 2.45) is 5.73 Å². The van der Waals surface area contributed by atoms with E-state index in [1.165, 1.54) is 6.07 Å². The van der Waals surface area contributed by atoms with Crippen LogP contribution in [0.25, 0.3) is 0 Å². The number of rotatable bonds is 2. The van der Waals surface area contributed by atoms with Crippen LogP contribution in [0.4, 0.5) is 4.39 Å². The van der Waals surface area contributed by atoms with Gasteiger partial charge in [0.2, 0.25) is 0 Å². The van der Waals surface area contributed by atoms with Crippen molar-refractivity contribution in [2.45, 2.75) is 6.04 Å². The Morgan fingerprint density at radius 2 is 2.15 bits per heavy atom. The Hall–Kier alpha value is -0.380. The number of hydrogen-bond donors (Lipinski definition) is 1. The zero-order valence-electron chi connectivity index (χ0n) is 6.84. The molecule has 0 saturated carbocycles. The van der Waals surface area contributed by atoms with E-state index in [0.717, 1.165) is 5.56 Å². The third-order valence-electron chi connectivity index (χ3n) is 1.58. The lowest BCUT2D eigenvalue weighted by molar-refractivity contribution is 0.617. The van der Waals surface area contributed by atoms with Crippen LogP contribution < -0.4 is 5.73 Å². The molecule has 0 fully saturated rings. The lowest BCUT2D eigenvalue weighted by Gasteiger charge is -2.06. The van der Waals surface area contributed by atoms with Gasteiger partial charge in [-0.2, -0.15) is 0 Å². The van der Waals surface area contributed by atoms with E-state index >= 15 is 0 Å². The first-order chi connectivity index (χ1) is 5.65. The maximum absolute atomic E-state index is 12.9. The van der Waals surface area contributed by atoms with Gasteiger partial charge in [-0.3, -0.25) is 0 Å². The molecule has 2 N–H and O–H groups in total. The van der Waals surface area contributed by atoms with Crippen LogP contribution in [0.3, 0.4) is 0 Å².